The minimum absolute atomic E-state index is 0.0428. The highest BCUT2D eigenvalue weighted by Crippen LogP contribution is 2.35. The van der Waals surface area contributed by atoms with Crippen molar-refractivity contribution in [1.29, 1.82) is 0 Å². The highest BCUT2D eigenvalue weighted by Gasteiger charge is 2.30. The van der Waals surface area contributed by atoms with Gasteiger partial charge in [-0.2, -0.15) is 0 Å². The first-order valence-electron chi connectivity index (χ1n) is 8.11. The van der Waals surface area contributed by atoms with Gasteiger partial charge in [-0.25, -0.2) is 15.0 Å². The summed E-state index contributed by atoms with van der Waals surface area (Å²) in [6.45, 7) is 0.748. The van der Waals surface area contributed by atoms with Crippen LogP contribution < -0.4 is 9.47 Å². The number of methoxy groups -OCH3 is 2. The molecule has 0 amide bonds. The summed E-state index contributed by atoms with van der Waals surface area (Å²) < 4.78 is 16.0. The summed E-state index contributed by atoms with van der Waals surface area (Å²) in [6, 6.07) is 3.32. The van der Waals surface area contributed by atoms with Crippen LogP contribution in [0, 0.1) is 0 Å². The molecule has 10 heteroatoms. The first-order chi connectivity index (χ1) is 13.5. The number of carbonyl (C=O) groups excluding carboxylic acids is 2. The maximum atomic E-state index is 12.3. The number of aliphatic imine (C=N–C) groups is 1. The SMILES string of the molecule is COCCOc1cc2ncnc(N=C3CC(=O)C(Cl)=C(Cl)C3=O)c2cc1OC. The van der Waals surface area contributed by atoms with E-state index in [-0.39, 0.29) is 28.0 Å². The Labute approximate surface area is 170 Å². The van der Waals surface area contributed by atoms with Crippen molar-refractivity contribution in [3.63, 3.8) is 0 Å². The predicted octanol–water partition coefficient (Wildman–Crippen LogP) is 2.97. The van der Waals surface area contributed by atoms with E-state index in [2.05, 4.69) is 15.0 Å². The molecule has 0 bridgehead atoms. The van der Waals surface area contributed by atoms with E-state index in [1.807, 2.05) is 0 Å². The first-order valence-corrected chi connectivity index (χ1v) is 8.87. The van der Waals surface area contributed by atoms with Crippen LogP contribution >= 0.6 is 23.2 Å². The van der Waals surface area contributed by atoms with Gasteiger partial charge in [-0.05, 0) is 6.07 Å². The quantitative estimate of drug-likeness (QED) is 0.658. The summed E-state index contributed by atoms with van der Waals surface area (Å²) in [7, 11) is 3.07. The van der Waals surface area contributed by atoms with Crippen LogP contribution in [0.3, 0.4) is 0 Å². The van der Waals surface area contributed by atoms with Crippen LogP contribution in [0.5, 0.6) is 11.5 Å². The lowest BCUT2D eigenvalue weighted by atomic mass is 10.0. The normalized spacial score (nSPS) is 16.2. The number of halogens is 2. The first kappa shape index (κ1) is 20.2. The fourth-order valence-corrected chi connectivity index (χ4v) is 2.89. The van der Waals surface area contributed by atoms with E-state index >= 15 is 0 Å². The molecule has 0 saturated heterocycles. The average Bonchev–Trinajstić information content (AvgIpc) is 2.70. The molecule has 1 aromatic heterocycles. The van der Waals surface area contributed by atoms with Gasteiger partial charge in [0.05, 0.1) is 31.4 Å². The predicted molar refractivity (Wildman–Crippen MR) is 104 cm³/mol. The Hall–Kier alpha value is -2.55. The topological polar surface area (TPSA) is 100.0 Å². The number of hydrogen-bond acceptors (Lipinski definition) is 8. The van der Waals surface area contributed by atoms with Crippen LogP contribution in [0.1, 0.15) is 6.42 Å². The number of Topliss-reactive ketones (excluding diaryl/α,β-unsaturated/α-hetero) is 2. The largest absolute Gasteiger partial charge is 0.493 e. The standard InChI is InChI=1S/C18H15Cl2N3O5/c1-26-3-4-28-14-7-10-9(5-13(14)27-2)18(22-8-21-10)23-11-6-12(24)15(19)16(20)17(11)25/h5,7-8H,3-4,6H2,1-2H3. The molecular formula is C18H15Cl2N3O5. The Morgan fingerprint density at radius 1 is 1.07 bits per heavy atom. The van der Waals surface area contributed by atoms with E-state index in [9.17, 15) is 9.59 Å². The van der Waals surface area contributed by atoms with Crippen molar-refractivity contribution < 1.29 is 23.8 Å². The highest BCUT2D eigenvalue weighted by atomic mass is 35.5. The van der Waals surface area contributed by atoms with Gasteiger partial charge in [-0.3, -0.25) is 9.59 Å². The maximum absolute atomic E-state index is 12.3. The molecule has 8 nitrogen and oxygen atoms in total. The molecule has 28 heavy (non-hydrogen) atoms. The molecule has 0 atom stereocenters. The fourth-order valence-electron chi connectivity index (χ4n) is 2.52. The molecule has 2 aromatic rings. The minimum Gasteiger partial charge on any atom is -0.493 e. The smallest absolute Gasteiger partial charge is 0.220 e. The molecule has 3 rings (SSSR count). The Balaban J connectivity index is 2.05. The molecule has 0 fully saturated rings. The van der Waals surface area contributed by atoms with Gasteiger partial charge < -0.3 is 14.2 Å². The Morgan fingerprint density at radius 3 is 2.57 bits per heavy atom. The van der Waals surface area contributed by atoms with Crippen LogP contribution in [-0.4, -0.2) is 54.7 Å². The number of fused-ring (bicyclic) bond motifs is 1. The van der Waals surface area contributed by atoms with Gasteiger partial charge >= 0.3 is 0 Å². The van der Waals surface area contributed by atoms with Crippen molar-refractivity contribution in [1.82, 2.24) is 9.97 Å². The summed E-state index contributed by atoms with van der Waals surface area (Å²) in [5, 5.41) is -0.109. The van der Waals surface area contributed by atoms with Gasteiger partial charge in [0.25, 0.3) is 0 Å². The number of ketones is 2. The van der Waals surface area contributed by atoms with Gasteiger partial charge in [0.1, 0.15) is 23.0 Å². The van der Waals surface area contributed by atoms with Gasteiger partial charge in [0.2, 0.25) is 5.78 Å². The second-order valence-electron chi connectivity index (χ2n) is 5.67. The number of hydrogen-bond donors (Lipinski definition) is 0. The number of nitrogens with zero attached hydrogens (tertiary/aromatic N) is 3. The molecular weight excluding hydrogens is 409 g/mol. The van der Waals surface area contributed by atoms with Crippen molar-refractivity contribution >= 4 is 57.2 Å². The molecule has 1 aromatic carbocycles. The van der Waals surface area contributed by atoms with Crippen molar-refractivity contribution in [2.45, 2.75) is 6.42 Å². The van der Waals surface area contributed by atoms with Crippen molar-refractivity contribution in [2.75, 3.05) is 27.4 Å². The molecule has 0 spiro atoms. The second kappa shape index (κ2) is 8.64. The van der Waals surface area contributed by atoms with E-state index in [0.717, 1.165) is 0 Å². The van der Waals surface area contributed by atoms with Crippen LogP contribution in [0.25, 0.3) is 10.9 Å². The zero-order valence-electron chi connectivity index (χ0n) is 15.0. The third-order valence-electron chi connectivity index (χ3n) is 3.91. The van der Waals surface area contributed by atoms with Gasteiger partial charge in [-0.15, -0.1) is 0 Å². The summed E-state index contributed by atoms with van der Waals surface area (Å²) in [6.07, 6.45) is 1.04. The molecule has 0 aliphatic heterocycles. The summed E-state index contributed by atoms with van der Waals surface area (Å²) in [5.74, 6) is 0.0302. The molecule has 146 valence electrons. The maximum Gasteiger partial charge on any atom is 0.220 e. The number of carbonyl (C=O) groups is 2. The van der Waals surface area contributed by atoms with Crippen molar-refractivity contribution in [3.8, 4) is 11.5 Å². The average molecular weight is 424 g/mol. The van der Waals surface area contributed by atoms with Crippen molar-refractivity contribution in [3.05, 3.63) is 28.5 Å². The lowest BCUT2D eigenvalue weighted by molar-refractivity contribution is -0.116. The number of allylic oxidation sites excluding steroid dienone is 2. The van der Waals surface area contributed by atoms with Gasteiger partial charge in [-0.1, -0.05) is 23.2 Å². The fraction of sp³-hybridized carbons (Fsp3) is 0.278. The summed E-state index contributed by atoms with van der Waals surface area (Å²) >= 11 is 11.6. The Morgan fingerprint density at radius 2 is 1.86 bits per heavy atom. The Bertz CT molecular complexity index is 1020. The van der Waals surface area contributed by atoms with Crippen LogP contribution in [0.15, 0.2) is 33.5 Å². The number of ether oxygens (including phenoxy) is 3. The lowest BCUT2D eigenvalue weighted by Crippen LogP contribution is -2.25. The highest BCUT2D eigenvalue weighted by molar-refractivity contribution is 6.68. The third kappa shape index (κ3) is 3.99. The zero-order chi connectivity index (χ0) is 20.3. The molecule has 0 radical (unpaired) electrons. The zero-order valence-corrected chi connectivity index (χ0v) is 16.5. The monoisotopic (exact) mass is 423 g/mol. The molecule has 0 unspecified atom stereocenters. The third-order valence-corrected chi connectivity index (χ3v) is 4.77. The van der Waals surface area contributed by atoms with Crippen LogP contribution in [0.2, 0.25) is 0 Å². The van der Waals surface area contributed by atoms with E-state index in [1.54, 1.807) is 19.2 Å². The molecule has 0 N–H and O–H groups in total. The number of aromatic nitrogens is 2. The van der Waals surface area contributed by atoms with E-state index in [0.29, 0.717) is 35.6 Å². The Kier molecular flexibility index (Phi) is 6.23. The second-order valence-corrected chi connectivity index (χ2v) is 6.43. The minimum atomic E-state index is -0.607. The summed E-state index contributed by atoms with van der Waals surface area (Å²) in [4.78, 5) is 36.7. The molecule has 1 aliphatic carbocycles. The lowest BCUT2D eigenvalue weighted by Gasteiger charge is -2.13. The van der Waals surface area contributed by atoms with E-state index in [4.69, 9.17) is 37.4 Å². The molecule has 0 saturated carbocycles. The van der Waals surface area contributed by atoms with Gasteiger partial charge in [0, 0.05) is 18.6 Å². The summed E-state index contributed by atoms with van der Waals surface area (Å²) in [5.41, 5.74) is 0.482. The van der Waals surface area contributed by atoms with Crippen LogP contribution in [-0.2, 0) is 14.3 Å². The van der Waals surface area contributed by atoms with Crippen LogP contribution in [0.4, 0.5) is 5.82 Å². The van der Waals surface area contributed by atoms with E-state index < -0.39 is 11.6 Å². The molecule has 1 aliphatic rings. The number of rotatable bonds is 6. The van der Waals surface area contributed by atoms with Gasteiger partial charge in [0.15, 0.2) is 23.1 Å². The van der Waals surface area contributed by atoms with Crippen molar-refractivity contribution in [2.24, 2.45) is 4.99 Å². The molecule has 1 heterocycles. The number of benzene rings is 1. The van der Waals surface area contributed by atoms with E-state index in [1.165, 1.54) is 13.4 Å².